The van der Waals surface area contributed by atoms with E-state index in [0.29, 0.717) is 23.8 Å². The SMILES string of the molecule is Cc1nc(NC(=O)CN(CC2CCCO2)C(=O)c2ccccc2)sc1C. The van der Waals surface area contributed by atoms with Crippen LogP contribution >= 0.6 is 11.3 Å². The fourth-order valence-corrected chi connectivity index (χ4v) is 3.71. The molecule has 1 aromatic heterocycles. The maximum Gasteiger partial charge on any atom is 0.254 e. The molecule has 3 rings (SSSR count). The van der Waals surface area contributed by atoms with Crippen LogP contribution in [0, 0.1) is 13.8 Å². The molecule has 0 saturated carbocycles. The largest absolute Gasteiger partial charge is 0.376 e. The molecule has 7 heteroatoms. The summed E-state index contributed by atoms with van der Waals surface area (Å²) < 4.78 is 5.65. The molecule has 1 N–H and O–H groups in total. The molecule has 1 unspecified atom stereocenters. The van der Waals surface area contributed by atoms with Crippen LogP contribution in [0.5, 0.6) is 0 Å². The molecule has 1 saturated heterocycles. The summed E-state index contributed by atoms with van der Waals surface area (Å²) in [6, 6.07) is 9.02. The van der Waals surface area contributed by atoms with Crippen LogP contribution in [0.3, 0.4) is 0 Å². The molecule has 6 nitrogen and oxygen atoms in total. The van der Waals surface area contributed by atoms with Crippen molar-refractivity contribution < 1.29 is 14.3 Å². The Balaban J connectivity index is 1.69. The van der Waals surface area contributed by atoms with Crippen LogP contribution in [-0.4, -0.2) is 47.5 Å². The predicted octanol–water partition coefficient (Wildman–Crippen LogP) is 3.02. The van der Waals surface area contributed by atoms with Crippen molar-refractivity contribution in [3.63, 3.8) is 0 Å². The van der Waals surface area contributed by atoms with Crippen molar-refractivity contribution in [2.24, 2.45) is 0 Å². The number of rotatable bonds is 6. The highest BCUT2D eigenvalue weighted by atomic mass is 32.1. The lowest BCUT2D eigenvalue weighted by Gasteiger charge is -2.25. The third-order valence-corrected chi connectivity index (χ3v) is 5.35. The van der Waals surface area contributed by atoms with Gasteiger partial charge in [-0.05, 0) is 38.8 Å². The molecule has 138 valence electrons. The monoisotopic (exact) mass is 373 g/mol. The third-order valence-electron chi connectivity index (χ3n) is 4.37. The number of anilines is 1. The van der Waals surface area contributed by atoms with Gasteiger partial charge >= 0.3 is 0 Å². The molecule has 1 atom stereocenters. The van der Waals surface area contributed by atoms with E-state index in [0.717, 1.165) is 23.4 Å². The topological polar surface area (TPSA) is 71.5 Å². The van der Waals surface area contributed by atoms with Crippen molar-refractivity contribution in [2.75, 3.05) is 25.0 Å². The molecular formula is C19H23N3O3S. The number of aromatic nitrogens is 1. The van der Waals surface area contributed by atoms with Crippen LogP contribution in [0.1, 0.15) is 33.8 Å². The molecule has 0 spiro atoms. The van der Waals surface area contributed by atoms with E-state index in [9.17, 15) is 9.59 Å². The lowest BCUT2D eigenvalue weighted by Crippen LogP contribution is -2.42. The second kappa shape index (κ2) is 8.42. The first kappa shape index (κ1) is 18.5. The van der Waals surface area contributed by atoms with Crippen molar-refractivity contribution in [3.8, 4) is 0 Å². The second-order valence-corrected chi connectivity index (χ2v) is 7.60. The second-order valence-electron chi connectivity index (χ2n) is 6.40. The first-order valence-corrected chi connectivity index (χ1v) is 9.54. The highest BCUT2D eigenvalue weighted by molar-refractivity contribution is 7.15. The highest BCUT2D eigenvalue weighted by Crippen LogP contribution is 2.21. The van der Waals surface area contributed by atoms with Crippen molar-refractivity contribution in [2.45, 2.75) is 32.8 Å². The number of nitrogens with zero attached hydrogens (tertiary/aromatic N) is 2. The van der Waals surface area contributed by atoms with Gasteiger partial charge in [0, 0.05) is 23.6 Å². The Hall–Kier alpha value is -2.25. The Bertz CT molecular complexity index is 750. The molecule has 26 heavy (non-hydrogen) atoms. The average Bonchev–Trinajstić information content (AvgIpc) is 3.24. The number of carbonyl (C=O) groups excluding carboxylic acids is 2. The molecule has 2 heterocycles. The van der Waals surface area contributed by atoms with Gasteiger partial charge in [0.15, 0.2) is 5.13 Å². The number of benzene rings is 1. The Morgan fingerprint density at radius 3 is 2.69 bits per heavy atom. The fraction of sp³-hybridized carbons (Fsp3) is 0.421. The summed E-state index contributed by atoms with van der Waals surface area (Å²) in [5, 5.41) is 3.36. The number of hydrogen-bond acceptors (Lipinski definition) is 5. The first-order valence-electron chi connectivity index (χ1n) is 8.72. The zero-order valence-electron chi connectivity index (χ0n) is 15.0. The molecule has 1 aliphatic rings. The lowest BCUT2D eigenvalue weighted by molar-refractivity contribution is -0.117. The average molecular weight is 373 g/mol. The van der Waals surface area contributed by atoms with Crippen molar-refractivity contribution in [1.82, 2.24) is 9.88 Å². The van der Waals surface area contributed by atoms with Gasteiger partial charge in [-0.2, -0.15) is 0 Å². The van der Waals surface area contributed by atoms with Gasteiger partial charge in [0.1, 0.15) is 6.54 Å². The van der Waals surface area contributed by atoms with Gasteiger partial charge in [0.25, 0.3) is 5.91 Å². The molecule has 1 aromatic carbocycles. The number of thiazole rings is 1. The summed E-state index contributed by atoms with van der Waals surface area (Å²) in [5.74, 6) is -0.413. The van der Waals surface area contributed by atoms with Crippen LogP contribution in [0.4, 0.5) is 5.13 Å². The minimum absolute atomic E-state index is 0.0141. The summed E-state index contributed by atoms with van der Waals surface area (Å²) in [6.07, 6.45) is 1.88. The number of nitrogens with one attached hydrogen (secondary N) is 1. The smallest absolute Gasteiger partial charge is 0.254 e. The van der Waals surface area contributed by atoms with Gasteiger partial charge in [-0.25, -0.2) is 4.98 Å². The van der Waals surface area contributed by atoms with E-state index in [1.807, 2.05) is 32.0 Å². The summed E-state index contributed by atoms with van der Waals surface area (Å²) in [4.78, 5) is 32.3. The van der Waals surface area contributed by atoms with Crippen LogP contribution in [-0.2, 0) is 9.53 Å². The number of aryl methyl sites for hydroxylation is 2. The van der Waals surface area contributed by atoms with Gasteiger partial charge in [-0.3, -0.25) is 9.59 Å². The molecule has 1 aliphatic heterocycles. The van der Waals surface area contributed by atoms with Crippen LogP contribution < -0.4 is 5.32 Å². The summed E-state index contributed by atoms with van der Waals surface area (Å²) >= 11 is 1.44. The number of carbonyl (C=O) groups is 2. The summed E-state index contributed by atoms with van der Waals surface area (Å²) in [6.45, 7) is 4.97. The van der Waals surface area contributed by atoms with E-state index < -0.39 is 0 Å². The van der Waals surface area contributed by atoms with E-state index in [1.165, 1.54) is 11.3 Å². The zero-order chi connectivity index (χ0) is 18.5. The van der Waals surface area contributed by atoms with E-state index in [-0.39, 0.29) is 24.5 Å². The Kier molecular flexibility index (Phi) is 6.00. The van der Waals surface area contributed by atoms with Gasteiger partial charge in [0.05, 0.1) is 11.8 Å². The van der Waals surface area contributed by atoms with Crippen molar-refractivity contribution in [3.05, 3.63) is 46.5 Å². The van der Waals surface area contributed by atoms with E-state index in [4.69, 9.17) is 4.74 Å². The van der Waals surface area contributed by atoms with Crippen molar-refractivity contribution >= 4 is 28.3 Å². The van der Waals surface area contributed by atoms with E-state index in [1.54, 1.807) is 17.0 Å². The van der Waals surface area contributed by atoms with Crippen LogP contribution in [0.25, 0.3) is 0 Å². The Morgan fingerprint density at radius 2 is 2.08 bits per heavy atom. The molecule has 2 aromatic rings. The Labute approximate surface area is 157 Å². The zero-order valence-corrected chi connectivity index (χ0v) is 15.8. The first-order chi connectivity index (χ1) is 12.5. The molecule has 2 amide bonds. The van der Waals surface area contributed by atoms with Gasteiger partial charge < -0.3 is 15.0 Å². The Morgan fingerprint density at radius 1 is 1.31 bits per heavy atom. The fourth-order valence-electron chi connectivity index (χ4n) is 2.88. The third kappa shape index (κ3) is 4.68. The van der Waals surface area contributed by atoms with Crippen LogP contribution in [0.15, 0.2) is 30.3 Å². The quantitative estimate of drug-likeness (QED) is 0.845. The predicted molar refractivity (Wildman–Crippen MR) is 102 cm³/mol. The number of amides is 2. The minimum Gasteiger partial charge on any atom is -0.376 e. The van der Waals surface area contributed by atoms with E-state index >= 15 is 0 Å². The molecule has 1 fully saturated rings. The summed E-state index contributed by atoms with van der Waals surface area (Å²) in [7, 11) is 0. The standard InChI is InChI=1S/C19H23N3O3S/c1-13-14(2)26-19(20-13)21-17(23)12-22(11-16-9-6-10-25-16)18(24)15-7-4-3-5-8-15/h3-5,7-8,16H,6,9-12H2,1-2H3,(H,20,21,23). The maximum atomic E-state index is 12.9. The molecule has 0 bridgehead atoms. The normalized spacial score (nSPS) is 16.5. The molecule has 0 radical (unpaired) electrons. The van der Waals surface area contributed by atoms with Crippen molar-refractivity contribution in [1.29, 1.82) is 0 Å². The maximum absolute atomic E-state index is 12.9. The lowest BCUT2D eigenvalue weighted by atomic mass is 10.1. The number of hydrogen-bond donors (Lipinski definition) is 1. The van der Waals surface area contributed by atoms with Gasteiger partial charge in [0.2, 0.25) is 5.91 Å². The molecule has 0 aliphatic carbocycles. The number of ether oxygens (including phenoxy) is 1. The van der Waals surface area contributed by atoms with E-state index in [2.05, 4.69) is 10.3 Å². The molecular weight excluding hydrogens is 350 g/mol. The summed E-state index contributed by atoms with van der Waals surface area (Å²) in [5.41, 5.74) is 1.47. The van der Waals surface area contributed by atoms with Crippen LogP contribution in [0.2, 0.25) is 0 Å². The highest BCUT2D eigenvalue weighted by Gasteiger charge is 2.25. The minimum atomic E-state index is -0.249. The van der Waals surface area contributed by atoms with Gasteiger partial charge in [-0.1, -0.05) is 18.2 Å². The van der Waals surface area contributed by atoms with Gasteiger partial charge in [-0.15, -0.1) is 11.3 Å².